The summed E-state index contributed by atoms with van der Waals surface area (Å²) in [7, 11) is 1.53. The van der Waals surface area contributed by atoms with Gasteiger partial charge in [-0.2, -0.15) is 10.4 Å². The average molecular weight is 662 g/mol. The SMILES string of the molecule is COc1cc(/C=N\NC(=O)c2cc3cc(Br)cc(Br)c3o2)c(Br)cc1OCc1ccccc1C#N. The van der Waals surface area contributed by atoms with E-state index in [-0.39, 0.29) is 12.4 Å². The van der Waals surface area contributed by atoms with E-state index in [1.807, 2.05) is 24.3 Å². The summed E-state index contributed by atoms with van der Waals surface area (Å²) in [4.78, 5) is 12.5. The van der Waals surface area contributed by atoms with Crippen molar-refractivity contribution in [1.82, 2.24) is 5.43 Å². The normalized spacial score (nSPS) is 10.9. The van der Waals surface area contributed by atoms with Crippen molar-refractivity contribution in [1.29, 1.82) is 5.26 Å². The van der Waals surface area contributed by atoms with Crippen LogP contribution >= 0.6 is 47.8 Å². The number of nitrogens with zero attached hydrogens (tertiary/aromatic N) is 2. The van der Waals surface area contributed by atoms with E-state index in [1.165, 1.54) is 13.3 Å². The number of rotatable bonds is 7. The molecule has 0 bridgehead atoms. The van der Waals surface area contributed by atoms with Crippen LogP contribution in [0.5, 0.6) is 11.5 Å². The number of carbonyl (C=O) groups excluding carboxylic acids is 1. The number of ether oxygens (including phenoxy) is 2. The van der Waals surface area contributed by atoms with Crippen LogP contribution in [0.3, 0.4) is 0 Å². The highest BCUT2D eigenvalue weighted by atomic mass is 79.9. The Morgan fingerprint density at radius 2 is 1.91 bits per heavy atom. The lowest BCUT2D eigenvalue weighted by molar-refractivity contribution is 0.0929. The van der Waals surface area contributed by atoms with E-state index < -0.39 is 5.91 Å². The molecule has 7 nitrogen and oxygen atoms in total. The molecule has 10 heteroatoms. The van der Waals surface area contributed by atoms with Crippen LogP contribution in [0.25, 0.3) is 11.0 Å². The van der Waals surface area contributed by atoms with Gasteiger partial charge in [-0.3, -0.25) is 4.79 Å². The molecule has 176 valence electrons. The summed E-state index contributed by atoms with van der Waals surface area (Å²) in [6, 6.07) is 18.2. The number of furan rings is 1. The first kappa shape index (κ1) is 25.0. The van der Waals surface area contributed by atoms with Gasteiger partial charge in [-0.05, 0) is 68.3 Å². The van der Waals surface area contributed by atoms with Crippen LogP contribution < -0.4 is 14.9 Å². The van der Waals surface area contributed by atoms with Gasteiger partial charge >= 0.3 is 5.91 Å². The van der Waals surface area contributed by atoms with Crippen molar-refractivity contribution in [2.45, 2.75) is 6.61 Å². The topological polar surface area (TPSA) is 96.8 Å². The van der Waals surface area contributed by atoms with Crippen LogP contribution in [-0.4, -0.2) is 19.2 Å². The number of hydrogen-bond acceptors (Lipinski definition) is 6. The highest BCUT2D eigenvalue weighted by Gasteiger charge is 2.15. The second kappa shape index (κ2) is 11.1. The van der Waals surface area contributed by atoms with Gasteiger partial charge in [0.2, 0.25) is 0 Å². The quantitative estimate of drug-likeness (QED) is 0.171. The molecule has 0 aliphatic heterocycles. The first-order valence-corrected chi connectivity index (χ1v) is 12.5. The molecule has 3 aromatic carbocycles. The fraction of sp³-hybridized carbons (Fsp3) is 0.0800. The van der Waals surface area contributed by atoms with Crippen molar-refractivity contribution in [3.05, 3.63) is 90.5 Å². The zero-order valence-corrected chi connectivity index (χ0v) is 22.9. The number of methoxy groups -OCH3 is 1. The van der Waals surface area contributed by atoms with E-state index in [4.69, 9.17) is 13.9 Å². The lowest BCUT2D eigenvalue weighted by Crippen LogP contribution is -2.16. The maximum absolute atomic E-state index is 12.5. The number of nitrogens with one attached hydrogen (secondary N) is 1. The van der Waals surface area contributed by atoms with E-state index in [0.29, 0.717) is 32.7 Å². The van der Waals surface area contributed by atoms with E-state index in [2.05, 4.69) is 64.4 Å². The maximum Gasteiger partial charge on any atom is 0.307 e. The van der Waals surface area contributed by atoms with E-state index in [1.54, 1.807) is 30.3 Å². The summed E-state index contributed by atoms with van der Waals surface area (Å²) in [5.41, 5.74) is 5.02. The number of hydrazone groups is 1. The molecule has 1 amide bonds. The van der Waals surface area contributed by atoms with Crippen LogP contribution in [0.4, 0.5) is 0 Å². The number of halogens is 3. The van der Waals surface area contributed by atoms with Crippen LogP contribution in [0.2, 0.25) is 0 Å². The molecule has 0 fully saturated rings. The second-order valence-electron chi connectivity index (χ2n) is 7.20. The van der Waals surface area contributed by atoms with Crippen molar-refractivity contribution < 1.29 is 18.7 Å². The van der Waals surface area contributed by atoms with Gasteiger partial charge in [-0.15, -0.1) is 0 Å². The third-order valence-electron chi connectivity index (χ3n) is 4.93. The highest BCUT2D eigenvalue weighted by molar-refractivity contribution is 9.11. The van der Waals surface area contributed by atoms with Crippen molar-refractivity contribution in [2.75, 3.05) is 7.11 Å². The lowest BCUT2D eigenvalue weighted by Gasteiger charge is -2.13. The molecule has 4 rings (SSSR count). The lowest BCUT2D eigenvalue weighted by atomic mass is 10.1. The molecule has 0 radical (unpaired) electrons. The van der Waals surface area contributed by atoms with Gasteiger partial charge in [0.15, 0.2) is 17.3 Å². The molecule has 1 N–H and O–H groups in total. The monoisotopic (exact) mass is 659 g/mol. The van der Waals surface area contributed by atoms with Crippen LogP contribution in [0.15, 0.2) is 77.5 Å². The van der Waals surface area contributed by atoms with Crippen molar-refractivity contribution >= 4 is 70.9 Å². The van der Waals surface area contributed by atoms with Gasteiger partial charge in [-0.25, -0.2) is 5.43 Å². The second-order valence-corrected chi connectivity index (χ2v) is 9.82. The smallest absolute Gasteiger partial charge is 0.307 e. The fourth-order valence-electron chi connectivity index (χ4n) is 3.24. The molecule has 0 saturated carbocycles. The molecule has 0 aliphatic carbocycles. The van der Waals surface area contributed by atoms with Crippen LogP contribution in [0.1, 0.15) is 27.2 Å². The highest BCUT2D eigenvalue weighted by Crippen LogP contribution is 2.34. The zero-order valence-electron chi connectivity index (χ0n) is 18.1. The number of fused-ring (bicyclic) bond motifs is 1. The summed E-state index contributed by atoms with van der Waals surface area (Å²) in [5, 5.41) is 14.1. The number of nitriles is 1. The summed E-state index contributed by atoms with van der Waals surface area (Å²) >= 11 is 10.3. The Kier molecular flexibility index (Phi) is 7.90. The molecular formula is C25H16Br3N3O4. The van der Waals surface area contributed by atoms with Gasteiger partial charge in [0, 0.05) is 25.5 Å². The summed E-state index contributed by atoms with van der Waals surface area (Å²) in [6.07, 6.45) is 1.48. The molecule has 4 aromatic rings. The van der Waals surface area contributed by atoms with Gasteiger partial charge < -0.3 is 13.9 Å². The predicted octanol–water partition coefficient (Wildman–Crippen LogP) is 6.94. The molecule has 0 aliphatic rings. The van der Waals surface area contributed by atoms with Gasteiger partial charge in [0.25, 0.3) is 0 Å². The largest absolute Gasteiger partial charge is 0.493 e. The van der Waals surface area contributed by atoms with Crippen molar-refractivity contribution in [3.63, 3.8) is 0 Å². The third kappa shape index (κ3) is 5.75. The Labute approximate surface area is 226 Å². The molecule has 1 aromatic heterocycles. The molecule has 0 atom stereocenters. The number of amides is 1. The molecule has 0 saturated heterocycles. The Bertz CT molecular complexity index is 1490. The van der Waals surface area contributed by atoms with Crippen molar-refractivity contribution in [3.8, 4) is 17.6 Å². The standard InChI is InChI=1S/C25H16Br3N3O4/c1-33-21-8-17(19(27)10-22(21)34-13-15-5-3-2-4-14(15)11-29)12-30-31-25(32)23-7-16-6-18(26)9-20(28)24(16)35-23/h2-10,12H,13H2,1H3,(H,31,32)/b30-12-. The van der Waals surface area contributed by atoms with Crippen LogP contribution in [0, 0.1) is 11.3 Å². The molecule has 0 unspecified atom stereocenters. The Hall–Kier alpha value is -3.13. The first-order chi connectivity index (χ1) is 16.9. The van der Waals surface area contributed by atoms with Gasteiger partial charge in [0.05, 0.1) is 29.4 Å². The van der Waals surface area contributed by atoms with Crippen molar-refractivity contribution in [2.24, 2.45) is 5.10 Å². The minimum Gasteiger partial charge on any atom is -0.493 e. The van der Waals surface area contributed by atoms with E-state index in [0.717, 1.165) is 19.9 Å². The molecule has 1 heterocycles. The Morgan fingerprint density at radius 3 is 2.69 bits per heavy atom. The zero-order chi connectivity index (χ0) is 24.9. The minimum atomic E-state index is -0.486. The Morgan fingerprint density at radius 1 is 1.11 bits per heavy atom. The summed E-state index contributed by atoms with van der Waals surface area (Å²) in [5.74, 6) is 0.615. The van der Waals surface area contributed by atoms with E-state index in [9.17, 15) is 10.1 Å². The van der Waals surface area contributed by atoms with Gasteiger partial charge in [-0.1, -0.05) is 34.1 Å². The summed E-state index contributed by atoms with van der Waals surface area (Å²) < 4.78 is 19.3. The molecule has 35 heavy (non-hydrogen) atoms. The summed E-state index contributed by atoms with van der Waals surface area (Å²) in [6.45, 7) is 0.209. The Balaban J connectivity index is 1.47. The average Bonchev–Trinajstić information content (AvgIpc) is 3.28. The predicted molar refractivity (Wildman–Crippen MR) is 143 cm³/mol. The number of carbonyl (C=O) groups is 1. The maximum atomic E-state index is 12.5. The van der Waals surface area contributed by atoms with Crippen LogP contribution in [-0.2, 0) is 6.61 Å². The third-order valence-corrected chi connectivity index (χ3v) is 6.67. The number of hydrogen-bond donors (Lipinski definition) is 1. The van der Waals surface area contributed by atoms with E-state index >= 15 is 0 Å². The molecular weight excluding hydrogens is 646 g/mol. The van der Waals surface area contributed by atoms with Gasteiger partial charge in [0.1, 0.15) is 12.2 Å². The minimum absolute atomic E-state index is 0.133. The molecule has 0 spiro atoms. The first-order valence-electron chi connectivity index (χ1n) is 10.1. The fourth-order valence-corrected chi connectivity index (χ4v) is 5.00. The number of benzene rings is 3.